The Kier molecular flexibility index (Phi) is 6.60. The van der Waals surface area contributed by atoms with Crippen LogP contribution in [0.2, 0.25) is 0 Å². The number of amides is 1. The van der Waals surface area contributed by atoms with Crippen LogP contribution in [0.5, 0.6) is 5.75 Å². The molecule has 6 nitrogen and oxygen atoms in total. The molecule has 0 aliphatic heterocycles. The number of para-hydroxylation sites is 1. The molecule has 0 spiro atoms. The van der Waals surface area contributed by atoms with E-state index in [2.05, 4.69) is 5.32 Å². The van der Waals surface area contributed by atoms with Crippen molar-refractivity contribution < 1.29 is 24.5 Å². The number of hydrogen-bond acceptors (Lipinski definition) is 5. The highest BCUT2D eigenvalue weighted by Crippen LogP contribution is 2.26. The first-order valence-corrected chi connectivity index (χ1v) is 7.55. The highest BCUT2D eigenvalue weighted by atomic mass is 16.5. The minimum absolute atomic E-state index is 0.137. The smallest absolute Gasteiger partial charge is 0.407 e. The Labute approximate surface area is 140 Å². The minimum atomic E-state index is -1.19. The number of nitrogens with one attached hydrogen (secondary N) is 1. The molecule has 6 heteroatoms. The quantitative estimate of drug-likeness (QED) is 0.722. The summed E-state index contributed by atoms with van der Waals surface area (Å²) in [5.41, 5.74) is 1.31. The number of methoxy groups -OCH3 is 1. The van der Waals surface area contributed by atoms with Gasteiger partial charge >= 0.3 is 6.09 Å². The summed E-state index contributed by atoms with van der Waals surface area (Å²) in [4.78, 5) is 11.7. The highest BCUT2D eigenvalue weighted by Gasteiger charge is 2.22. The fourth-order valence-electron chi connectivity index (χ4n) is 2.19. The molecule has 0 radical (unpaired) electrons. The third-order valence-corrected chi connectivity index (χ3v) is 3.49. The first-order chi connectivity index (χ1) is 11.6. The maximum Gasteiger partial charge on any atom is 0.407 e. The number of aliphatic hydroxyl groups is 2. The monoisotopic (exact) mass is 331 g/mol. The molecule has 2 aromatic rings. The molecule has 2 aromatic carbocycles. The number of benzene rings is 2. The molecule has 0 saturated heterocycles. The molecule has 0 heterocycles. The topological polar surface area (TPSA) is 88.0 Å². The Morgan fingerprint density at radius 2 is 1.75 bits per heavy atom. The van der Waals surface area contributed by atoms with E-state index < -0.39 is 18.3 Å². The maximum atomic E-state index is 11.7. The molecule has 128 valence electrons. The second-order valence-electron chi connectivity index (χ2n) is 5.20. The lowest BCUT2D eigenvalue weighted by Crippen LogP contribution is -2.35. The van der Waals surface area contributed by atoms with Crippen molar-refractivity contribution in [3.8, 4) is 5.75 Å². The van der Waals surface area contributed by atoms with Gasteiger partial charge in [-0.25, -0.2) is 4.79 Å². The number of ether oxygens (including phenoxy) is 2. The van der Waals surface area contributed by atoms with Crippen LogP contribution >= 0.6 is 0 Å². The van der Waals surface area contributed by atoms with Gasteiger partial charge in [-0.2, -0.15) is 0 Å². The molecule has 24 heavy (non-hydrogen) atoms. The number of alkyl carbamates (subject to hydrolysis) is 1. The third kappa shape index (κ3) is 4.97. The van der Waals surface area contributed by atoms with E-state index in [0.717, 1.165) is 5.56 Å². The largest absolute Gasteiger partial charge is 0.496 e. The minimum Gasteiger partial charge on any atom is -0.496 e. The average molecular weight is 331 g/mol. The van der Waals surface area contributed by atoms with Crippen molar-refractivity contribution in [3.63, 3.8) is 0 Å². The normalized spacial score (nSPS) is 13.0. The van der Waals surface area contributed by atoms with E-state index in [1.165, 1.54) is 7.11 Å². The van der Waals surface area contributed by atoms with Crippen molar-refractivity contribution in [2.75, 3.05) is 13.7 Å². The van der Waals surface area contributed by atoms with Gasteiger partial charge in [0.15, 0.2) is 0 Å². The van der Waals surface area contributed by atoms with Gasteiger partial charge < -0.3 is 25.0 Å². The Balaban J connectivity index is 1.81. The Morgan fingerprint density at radius 1 is 1.08 bits per heavy atom. The zero-order valence-electron chi connectivity index (χ0n) is 13.4. The van der Waals surface area contributed by atoms with Gasteiger partial charge in [0.2, 0.25) is 0 Å². The summed E-state index contributed by atoms with van der Waals surface area (Å²) < 4.78 is 10.2. The maximum absolute atomic E-state index is 11.7. The molecule has 2 rings (SSSR count). The zero-order chi connectivity index (χ0) is 17.4. The molecule has 0 bridgehead atoms. The average Bonchev–Trinajstić information content (AvgIpc) is 2.64. The summed E-state index contributed by atoms with van der Waals surface area (Å²) >= 11 is 0. The molecule has 2 atom stereocenters. The number of carbonyl (C=O) groups is 1. The van der Waals surface area contributed by atoms with Crippen molar-refractivity contribution in [1.29, 1.82) is 0 Å². The Bertz CT molecular complexity index is 647. The van der Waals surface area contributed by atoms with E-state index in [4.69, 9.17) is 9.47 Å². The zero-order valence-corrected chi connectivity index (χ0v) is 13.4. The van der Waals surface area contributed by atoms with Crippen LogP contribution in [0.1, 0.15) is 17.2 Å². The lowest BCUT2D eigenvalue weighted by atomic mass is 10.0. The second-order valence-corrected chi connectivity index (χ2v) is 5.20. The molecule has 0 aliphatic carbocycles. The van der Waals surface area contributed by atoms with E-state index in [1.807, 2.05) is 30.3 Å². The van der Waals surface area contributed by atoms with E-state index in [9.17, 15) is 15.0 Å². The molecule has 2 unspecified atom stereocenters. The summed E-state index contributed by atoms with van der Waals surface area (Å²) in [7, 11) is 1.48. The van der Waals surface area contributed by atoms with Crippen LogP contribution in [0.3, 0.4) is 0 Å². The first kappa shape index (κ1) is 17.8. The van der Waals surface area contributed by atoms with E-state index in [0.29, 0.717) is 11.3 Å². The van der Waals surface area contributed by atoms with Gasteiger partial charge in [-0.15, -0.1) is 0 Å². The van der Waals surface area contributed by atoms with Crippen LogP contribution in [0, 0.1) is 0 Å². The van der Waals surface area contributed by atoms with Crippen LogP contribution in [0.15, 0.2) is 54.6 Å². The predicted molar refractivity (Wildman–Crippen MR) is 88.6 cm³/mol. The summed E-state index contributed by atoms with van der Waals surface area (Å²) in [6.45, 7) is -0.00926. The number of carbonyl (C=O) groups excluding carboxylic acids is 1. The summed E-state index contributed by atoms with van der Waals surface area (Å²) in [5.74, 6) is 0.468. The molecule has 0 aromatic heterocycles. The number of hydrogen-bond donors (Lipinski definition) is 3. The van der Waals surface area contributed by atoms with Crippen molar-refractivity contribution in [2.24, 2.45) is 0 Å². The lowest BCUT2D eigenvalue weighted by molar-refractivity contribution is 0.0171. The van der Waals surface area contributed by atoms with Gasteiger partial charge in [0.1, 0.15) is 24.6 Å². The highest BCUT2D eigenvalue weighted by molar-refractivity contribution is 5.67. The molecule has 1 amide bonds. The van der Waals surface area contributed by atoms with Gasteiger partial charge in [0.05, 0.1) is 7.11 Å². The van der Waals surface area contributed by atoms with E-state index in [-0.39, 0.29) is 13.2 Å². The van der Waals surface area contributed by atoms with Gasteiger partial charge in [0.25, 0.3) is 0 Å². The van der Waals surface area contributed by atoms with Crippen molar-refractivity contribution in [1.82, 2.24) is 5.32 Å². The van der Waals surface area contributed by atoms with Crippen molar-refractivity contribution >= 4 is 6.09 Å². The fourth-order valence-corrected chi connectivity index (χ4v) is 2.19. The van der Waals surface area contributed by atoms with Crippen LogP contribution in [-0.2, 0) is 11.3 Å². The van der Waals surface area contributed by atoms with Crippen molar-refractivity contribution in [3.05, 3.63) is 65.7 Å². The van der Waals surface area contributed by atoms with Gasteiger partial charge in [-0.3, -0.25) is 0 Å². The van der Waals surface area contributed by atoms with Gasteiger partial charge in [-0.1, -0.05) is 48.5 Å². The summed E-state index contributed by atoms with van der Waals surface area (Å²) in [6.07, 6.45) is -3.04. The standard InChI is InChI=1S/C18H21NO5/c1-23-16-10-6-5-9-14(16)17(21)15(20)11-19-18(22)24-12-13-7-3-2-4-8-13/h2-10,15,17,20-21H,11-12H2,1H3,(H,19,22). The Morgan fingerprint density at radius 3 is 2.46 bits per heavy atom. The first-order valence-electron chi connectivity index (χ1n) is 7.55. The molecular weight excluding hydrogens is 310 g/mol. The van der Waals surface area contributed by atoms with Crippen LogP contribution < -0.4 is 10.1 Å². The second kappa shape index (κ2) is 8.90. The van der Waals surface area contributed by atoms with E-state index >= 15 is 0 Å². The summed E-state index contributed by atoms with van der Waals surface area (Å²) in [5, 5.41) is 22.7. The van der Waals surface area contributed by atoms with Crippen LogP contribution in [-0.4, -0.2) is 36.1 Å². The number of aliphatic hydroxyl groups excluding tert-OH is 2. The van der Waals surface area contributed by atoms with Crippen molar-refractivity contribution in [2.45, 2.75) is 18.8 Å². The molecular formula is C18H21NO5. The predicted octanol–water partition coefficient (Wildman–Crippen LogP) is 2.02. The molecule has 0 saturated carbocycles. The third-order valence-electron chi connectivity index (χ3n) is 3.49. The van der Waals surface area contributed by atoms with Gasteiger partial charge in [0, 0.05) is 12.1 Å². The lowest BCUT2D eigenvalue weighted by Gasteiger charge is -2.20. The fraction of sp³-hybridized carbons (Fsp3) is 0.278. The van der Waals surface area contributed by atoms with Crippen LogP contribution in [0.4, 0.5) is 4.79 Å². The van der Waals surface area contributed by atoms with Crippen LogP contribution in [0.25, 0.3) is 0 Å². The number of rotatable bonds is 7. The SMILES string of the molecule is COc1ccccc1C(O)C(O)CNC(=O)OCc1ccccc1. The molecule has 0 fully saturated rings. The molecule has 0 aliphatic rings. The molecule has 3 N–H and O–H groups in total. The van der Waals surface area contributed by atoms with Gasteiger partial charge in [-0.05, 0) is 11.6 Å². The van der Waals surface area contributed by atoms with E-state index in [1.54, 1.807) is 24.3 Å². The summed E-state index contributed by atoms with van der Waals surface area (Å²) in [6, 6.07) is 16.1. The Hall–Kier alpha value is -2.57.